The topological polar surface area (TPSA) is 75.5 Å². The summed E-state index contributed by atoms with van der Waals surface area (Å²) < 4.78 is 29.0. The van der Waals surface area contributed by atoms with E-state index in [0.717, 1.165) is 18.4 Å². The van der Waals surface area contributed by atoms with Crippen LogP contribution in [0.3, 0.4) is 0 Å². The van der Waals surface area contributed by atoms with Crippen LogP contribution >= 0.6 is 0 Å². The van der Waals surface area contributed by atoms with Crippen molar-refractivity contribution in [2.24, 2.45) is 13.0 Å². The third-order valence-corrected chi connectivity index (χ3v) is 6.71. The van der Waals surface area contributed by atoms with E-state index in [4.69, 9.17) is 0 Å². The van der Waals surface area contributed by atoms with Gasteiger partial charge in [-0.25, -0.2) is 13.4 Å². The van der Waals surface area contributed by atoms with E-state index in [1.165, 1.54) is 4.31 Å². The van der Waals surface area contributed by atoms with E-state index in [1.54, 1.807) is 29.4 Å². The number of aromatic nitrogens is 2. The quantitative estimate of drug-likeness (QED) is 0.823. The second-order valence-corrected chi connectivity index (χ2v) is 8.45. The van der Waals surface area contributed by atoms with Crippen LogP contribution in [-0.4, -0.2) is 59.3 Å². The van der Waals surface area contributed by atoms with Crippen molar-refractivity contribution >= 4 is 27.0 Å². The number of sulfonamides is 1. The third-order valence-electron chi connectivity index (χ3n) is 4.81. The summed E-state index contributed by atoms with van der Waals surface area (Å²) in [5.74, 6) is 0.363. The van der Waals surface area contributed by atoms with Crippen molar-refractivity contribution < 1.29 is 13.2 Å². The number of imidazole rings is 1. The highest BCUT2D eigenvalue weighted by atomic mass is 32.2. The van der Waals surface area contributed by atoms with E-state index in [0.29, 0.717) is 31.7 Å². The van der Waals surface area contributed by atoms with Crippen LogP contribution in [0, 0.1) is 5.92 Å². The van der Waals surface area contributed by atoms with Crippen molar-refractivity contribution in [2.75, 3.05) is 26.2 Å². The van der Waals surface area contributed by atoms with Gasteiger partial charge >= 0.3 is 0 Å². The Morgan fingerprint density at radius 1 is 1.17 bits per heavy atom. The molecule has 1 aromatic heterocycles. The monoisotopic (exact) mass is 348 g/mol. The lowest BCUT2D eigenvalue weighted by molar-refractivity contribution is -0.133. The van der Waals surface area contributed by atoms with E-state index >= 15 is 0 Å². The first-order valence-electron chi connectivity index (χ1n) is 8.17. The molecule has 0 radical (unpaired) electrons. The van der Waals surface area contributed by atoms with Crippen molar-refractivity contribution in [3.63, 3.8) is 0 Å². The number of benzene rings is 1. The number of piperazine rings is 1. The van der Waals surface area contributed by atoms with Gasteiger partial charge in [0, 0.05) is 39.1 Å². The predicted octanol–water partition coefficient (Wildman–Crippen LogP) is 0.816. The lowest BCUT2D eigenvalue weighted by Gasteiger charge is -2.34. The summed E-state index contributed by atoms with van der Waals surface area (Å²) in [6.45, 7) is 1.64. The number of hydrogen-bond donors (Lipinski definition) is 0. The molecule has 1 aliphatic carbocycles. The number of carbonyl (C=O) groups excluding carboxylic acids is 1. The normalized spacial score (nSPS) is 19.8. The van der Waals surface area contributed by atoms with Crippen molar-refractivity contribution in [1.82, 2.24) is 18.8 Å². The Kier molecular flexibility index (Phi) is 3.61. The smallest absolute Gasteiger partial charge is 0.243 e. The van der Waals surface area contributed by atoms with Gasteiger partial charge in [0.25, 0.3) is 0 Å². The molecule has 2 aromatic rings. The van der Waals surface area contributed by atoms with Gasteiger partial charge in [0.05, 0.1) is 22.3 Å². The summed E-state index contributed by atoms with van der Waals surface area (Å²) >= 11 is 0. The highest BCUT2D eigenvalue weighted by Crippen LogP contribution is 2.31. The molecule has 8 heteroatoms. The molecule has 1 saturated heterocycles. The van der Waals surface area contributed by atoms with Gasteiger partial charge in [-0.05, 0) is 31.0 Å². The molecule has 0 atom stereocenters. The van der Waals surface area contributed by atoms with Gasteiger partial charge in [-0.15, -0.1) is 0 Å². The van der Waals surface area contributed by atoms with E-state index < -0.39 is 10.0 Å². The highest BCUT2D eigenvalue weighted by molar-refractivity contribution is 7.89. The zero-order chi connectivity index (χ0) is 16.9. The minimum atomic E-state index is -3.55. The summed E-state index contributed by atoms with van der Waals surface area (Å²) in [4.78, 5) is 18.4. The number of amides is 1. The van der Waals surface area contributed by atoms with Gasteiger partial charge < -0.3 is 9.47 Å². The molecule has 1 saturated carbocycles. The zero-order valence-electron chi connectivity index (χ0n) is 13.6. The van der Waals surface area contributed by atoms with Crippen LogP contribution in [0.15, 0.2) is 29.4 Å². The number of aryl methyl sites for hydroxylation is 1. The van der Waals surface area contributed by atoms with Gasteiger partial charge in [-0.3, -0.25) is 4.79 Å². The third kappa shape index (κ3) is 2.59. The Morgan fingerprint density at radius 3 is 2.54 bits per heavy atom. The molecule has 2 fully saturated rings. The van der Waals surface area contributed by atoms with E-state index in [2.05, 4.69) is 4.98 Å². The van der Waals surface area contributed by atoms with Crippen LogP contribution in [0.2, 0.25) is 0 Å². The molecular formula is C16H20N4O3S. The summed E-state index contributed by atoms with van der Waals surface area (Å²) in [6, 6.07) is 5.02. The van der Waals surface area contributed by atoms with Crippen LogP contribution in [-0.2, 0) is 21.9 Å². The van der Waals surface area contributed by atoms with E-state index in [-0.39, 0.29) is 16.7 Å². The summed E-state index contributed by atoms with van der Waals surface area (Å²) in [6.07, 6.45) is 3.62. The SMILES string of the molecule is Cn1cnc2cc(S(=O)(=O)N3CCN(C(=O)C4CC4)CC3)ccc21. The van der Waals surface area contributed by atoms with E-state index in [1.807, 2.05) is 11.6 Å². The minimum absolute atomic E-state index is 0.180. The number of fused-ring (bicyclic) bond motifs is 1. The van der Waals surface area contributed by atoms with Gasteiger partial charge in [0.2, 0.25) is 15.9 Å². The fourth-order valence-electron chi connectivity index (χ4n) is 3.16. The van der Waals surface area contributed by atoms with Crippen molar-refractivity contribution in [2.45, 2.75) is 17.7 Å². The first-order valence-corrected chi connectivity index (χ1v) is 9.61. The Morgan fingerprint density at radius 2 is 1.88 bits per heavy atom. The average Bonchev–Trinajstić information content (AvgIpc) is 3.38. The molecule has 0 unspecified atom stereocenters. The lowest BCUT2D eigenvalue weighted by atomic mass is 10.3. The summed E-state index contributed by atoms with van der Waals surface area (Å²) in [5.41, 5.74) is 1.56. The molecule has 1 aromatic carbocycles. The second-order valence-electron chi connectivity index (χ2n) is 6.51. The fraction of sp³-hybridized carbons (Fsp3) is 0.500. The number of nitrogens with zero attached hydrogens (tertiary/aromatic N) is 4. The molecule has 2 aliphatic rings. The van der Waals surface area contributed by atoms with Crippen LogP contribution in [0.4, 0.5) is 0 Å². The summed E-state index contributed by atoms with van der Waals surface area (Å²) in [5, 5.41) is 0. The Hall–Kier alpha value is -1.93. The number of carbonyl (C=O) groups is 1. The van der Waals surface area contributed by atoms with Crippen molar-refractivity contribution in [1.29, 1.82) is 0 Å². The molecule has 4 rings (SSSR count). The van der Waals surface area contributed by atoms with Crippen LogP contribution in [0.1, 0.15) is 12.8 Å². The van der Waals surface area contributed by atoms with Gasteiger partial charge in [0.1, 0.15) is 0 Å². The number of hydrogen-bond acceptors (Lipinski definition) is 4. The maximum absolute atomic E-state index is 12.8. The average molecular weight is 348 g/mol. The molecule has 0 bridgehead atoms. The minimum Gasteiger partial charge on any atom is -0.340 e. The van der Waals surface area contributed by atoms with Crippen molar-refractivity contribution in [3.05, 3.63) is 24.5 Å². The molecule has 0 N–H and O–H groups in total. The molecule has 1 aliphatic heterocycles. The van der Waals surface area contributed by atoms with Crippen LogP contribution < -0.4 is 0 Å². The maximum atomic E-state index is 12.8. The highest BCUT2D eigenvalue weighted by Gasteiger charge is 2.36. The molecule has 128 valence electrons. The molecule has 2 heterocycles. The van der Waals surface area contributed by atoms with E-state index in [9.17, 15) is 13.2 Å². The Balaban J connectivity index is 1.52. The number of rotatable bonds is 3. The fourth-order valence-corrected chi connectivity index (χ4v) is 4.61. The Labute approximate surface area is 140 Å². The zero-order valence-corrected chi connectivity index (χ0v) is 14.4. The van der Waals surface area contributed by atoms with Gasteiger partial charge in [-0.2, -0.15) is 4.31 Å². The first kappa shape index (κ1) is 15.6. The molecule has 7 nitrogen and oxygen atoms in total. The van der Waals surface area contributed by atoms with Crippen LogP contribution in [0.25, 0.3) is 11.0 Å². The molecular weight excluding hydrogens is 328 g/mol. The second kappa shape index (κ2) is 5.56. The van der Waals surface area contributed by atoms with Crippen LogP contribution in [0.5, 0.6) is 0 Å². The maximum Gasteiger partial charge on any atom is 0.243 e. The van der Waals surface area contributed by atoms with Gasteiger partial charge in [-0.1, -0.05) is 0 Å². The largest absolute Gasteiger partial charge is 0.340 e. The Bertz CT molecular complexity index is 893. The first-order chi connectivity index (χ1) is 11.5. The standard InChI is InChI=1S/C16H20N4O3S/c1-18-11-17-14-10-13(4-5-15(14)18)24(22,23)20-8-6-19(7-9-20)16(21)12-2-3-12/h4-5,10-12H,2-3,6-9H2,1H3. The molecule has 24 heavy (non-hydrogen) atoms. The molecule has 0 spiro atoms. The van der Waals surface area contributed by atoms with Gasteiger partial charge in [0.15, 0.2) is 0 Å². The predicted molar refractivity (Wildman–Crippen MR) is 88.8 cm³/mol. The lowest BCUT2D eigenvalue weighted by Crippen LogP contribution is -2.50. The van der Waals surface area contributed by atoms with Crippen molar-refractivity contribution in [3.8, 4) is 0 Å². The molecule has 1 amide bonds. The summed E-state index contributed by atoms with van der Waals surface area (Å²) in [7, 11) is -1.68.